The van der Waals surface area contributed by atoms with Gasteiger partial charge in [0.25, 0.3) is 0 Å². The smallest absolute Gasteiger partial charge is 0.227 e. The Morgan fingerprint density at radius 2 is 2.11 bits per heavy atom. The number of aliphatic hydroxyl groups excluding tert-OH is 1. The molecule has 0 unspecified atom stereocenters. The summed E-state index contributed by atoms with van der Waals surface area (Å²) < 4.78 is 15.9. The van der Waals surface area contributed by atoms with Gasteiger partial charge in [-0.05, 0) is 6.92 Å². The fraction of sp³-hybridized carbons (Fsp3) is 1.00. The Kier molecular flexibility index (Phi) is 4.11. The van der Waals surface area contributed by atoms with Gasteiger partial charge in [-0.1, -0.05) is 6.92 Å². The first-order valence-corrected chi connectivity index (χ1v) is 5.01. The highest BCUT2D eigenvalue weighted by Gasteiger charge is 2.16. The zero-order chi connectivity index (χ0) is 7.33. The molecule has 1 N–H and O–H groups in total. The maximum atomic E-state index is 11.1. The summed E-state index contributed by atoms with van der Waals surface area (Å²) >= 11 is 0. The van der Waals surface area contributed by atoms with E-state index in [1.54, 1.807) is 13.8 Å². The van der Waals surface area contributed by atoms with Crippen molar-refractivity contribution >= 4 is 7.37 Å². The first kappa shape index (κ1) is 9.15. The molecule has 0 heterocycles. The van der Waals surface area contributed by atoms with Crippen LogP contribution in [-0.2, 0) is 9.09 Å². The number of rotatable bonds is 4. The van der Waals surface area contributed by atoms with E-state index in [1.165, 1.54) is 0 Å². The van der Waals surface area contributed by atoms with Gasteiger partial charge in [-0.2, -0.15) is 0 Å². The van der Waals surface area contributed by atoms with Gasteiger partial charge in [0.2, 0.25) is 7.37 Å². The first-order valence-electron chi connectivity index (χ1n) is 3.02. The molecule has 0 aromatic rings. The Labute approximate surface area is 55.5 Å². The molecule has 0 saturated carbocycles. The highest BCUT2D eigenvalue weighted by atomic mass is 31.2. The summed E-state index contributed by atoms with van der Waals surface area (Å²) in [7, 11) is -2.63. The van der Waals surface area contributed by atoms with Crippen molar-refractivity contribution in [1.29, 1.82) is 0 Å². The summed E-state index contributed by atoms with van der Waals surface area (Å²) in [5.74, 6) is 0. The summed E-state index contributed by atoms with van der Waals surface area (Å²) in [6.45, 7) is 3.91. The Morgan fingerprint density at radius 3 is 2.22 bits per heavy atom. The number of hydrogen-bond acceptors (Lipinski definition) is 3. The van der Waals surface area contributed by atoms with E-state index in [2.05, 4.69) is 0 Å². The second kappa shape index (κ2) is 4.04. The molecule has 0 bridgehead atoms. The van der Waals surface area contributed by atoms with Crippen LogP contribution in [0, 0.1) is 0 Å². The van der Waals surface area contributed by atoms with Crippen molar-refractivity contribution in [3.8, 4) is 0 Å². The van der Waals surface area contributed by atoms with Gasteiger partial charge < -0.3 is 9.63 Å². The minimum atomic E-state index is -2.63. The predicted molar refractivity (Wildman–Crippen MR) is 36.9 cm³/mol. The quantitative estimate of drug-likeness (QED) is 0.617. The van der Waals surface area contributed by atoms with E-state index in [-0.39, 0.29) is 6.35 Å². The maximum absolute atomic E-state index is 11.1. The minimum Gasteiger partial charge on any atom is -0.386 e. The van der Waals surface area contributed by atoms with Crippen LogP contribution in [0.2, 0.25) is 0 Å². The zero-order valence-electron chi connectivity index (χ0n) is 5.83. The highest BCUT2D eigenvalue weighted by molar-refractivity contribution is 7.58. The van der Waals surface area contributed by atoms with Crippen LogP contribution >= 0.6 is 7.37 Å². The molecule has 0 spiro atoms. The molecule has 0 fully saturated rings. The molecule has 0 radical (unpaired) electrons. The summed E-state index contributed by atoms with van der Waals surface area (Å²) in [6, 6.07) is 0. The van der Waals surface area contributed by atoms with Crippen LogP contribution in [0.1, 0.15) is 13.8 Å². The minimum absolute atomic E-state index is 0.336. The van der Waals surface area contributed by atoms with Crippen molar-refractivity contribution in [2.45, 2.75) is 13.8 Å². The van der Waals surface area contributed by atoms with Crippen LogP contribution < -0.4 is 0 Å². The van der Waals surface area contributed by atoms with Gasteiger partial charge >= 0.3 is 0 Å². The summed E-state index contributed by atoms with van der Waals surface area (Å²) in [4.78, 5) is 0. The Hall–Kier alpha value is 0.150. The average molecular weight is 152 g/mol. The lowest BCUT2D eigenvalue weighted by atomic mass is 10.9. The van der Waals surface area contributed by atoms with Gasteiger partial charge in [0, 0.05) is 6.16 Å². The normalized spacial score (nSPS) is 17.2. The molecule has 3 nitrogen and oxygen atoms in total. The Balaban J connectivity index is 3.78. The molecule has 0 aromatic carbocycles. The summed E-state index contributed by atoms with van der Waals surface area (Å²) in [6.07, 6.45) is 0.0781. The zero-order valence-corrected chi connectivity index (χ0v) is 6.73. The predicted octanol–water partition coefficient (Wildman–Crippen LogP) is 1.27. The molecule has 0 amide bonds. The lowest BCUT2D eigenvalue weighted by Crippen LogP contribution is -1.96. The van der Waals surface area contributed by atoms with E-state index in [4.69, 9.17) is 9.63 Å². The lowest BCUT2D eigenvalue weighted by molar-refractivity contribution is 0.284. The highest BCUT2D eigenvalue weighted by Crippen LogP contribution is 2.44. The van der Waals surface area contributed by atoms with Crippen LogP contribution in [0.15, 0.2) is 0 Å². The standard InChI is InChI=1S/C5H13O3P/c1-3-8-9(7,4-2)5-6/h6H,3-5H2,1-2H3/t9-/m1/s1. The van der Waals surface area contributed by atoms with Gasteiger partial charge in [0.1, 0.15) is 6.35 Å². The molecule has 4 heteroatoms. The largest absolute Gasteiger partial charge is 0.386 e. The molecular formula is C5H13O3P. The van der Waals surface area contributed by atoms with Gasteiger partial charge in [-0.25, -0.2) is 0 Å². The summed E-state index contributed by atoms with van der Waals surface area (Å²) in [5, 5.41) is 8.53. The maximum Gasteiger partial charge on any atom is 0.227 e. The van der Waals surface area contributed by atoms with Crippen LogP contribution in [0.5, 0.6) is 0 Å². The van der Waals surface area contributed by atoms with Crippen molar-refractivity contribution in [3.63, 3.8) is 0 Å². The molecule has 0 aliphatic carbocycles. The van der Waals surface area contributed by atoms with E-state index in [1.807, 2.05) is 0 Å². The molecule has 0 rings (SSSR count). The second-order valence-corrected chi connectivity index (χ2v) is 4.49. The second-order valence-electron chi connectivity index (χ2n) is 1.69. The van der Waals surface area contributed by atoms with Crippen molar-refractivity contribution in [2.75, 3.05) is 19.1 Å². The molecule has 1 atom stereocenters. The van der Waals surface area contributed by atoms with Gasteiger partial charge in [0.15, 0.2) is 0 Å². The lowest BCUT2D eigenvalue weighted by Gasteiger charge is -2.11. The molecule has 0 aromatic heterocycles. The number of aliphatic hydroxyl groups is 1. The third-order valence-corrected chi connectivity index (χ3v) is 3.18. The molecule has 0 saturated heterocycles. The van der Waals surface area contributed by atoms with Crippen LogP contribution in [-0.4, -0.2) is 24.2 Å². The topological polar surface area (TPSA) is 46.5 Å². The van der Waals surface area contributed by atoms with Crippen molar-refractivity contribution < 1.29 is 14.2 Å². The van der Waals surface area contributed by atoms with E-state index >= 15 is 0 Å². The molecule has 56 valence electrons. The van der Waals surface area contributed by atoms with Crippen LogP contribution in [0.4, 0.5) is 0 Å². The Morgan fingerprint density at radius 1 is 1.56 bits per heavy atom. The van der Waals surface area contributed by atoms with E-state index < -0.39 is 7.37 Å². The molecule has 0 aliphatic heterocycles. The monoisotopic (exact) mass is 152 g/mol. The first-order chi connectivity index (χ1) is 4.18. The molecular weight excluding hydrogens is 139 g/mol. The van der Waals surface area contributed by atoms with Gasteiger partial charge in [-0.15, -0.1) is 0 Å². The SMILES string of the molecule is CCO[P@](=O)(CC)CO. The van der Waals surface area contributed by atoms with E-state index in [9.17, 15) is 4.57 Å². The fourth-order valence-electron chi connectivity index (χ4n) is 0.467. The van der Waals surface area contributed by atoms with E-state index in [0.717, 1.165) is 0 Å². The average Bonchev–Trinajstić information content (AvgIpc) is 1.89. The third-order valence-electron chi connectivity index (χ3n) is 1.06. The number of hydrogen-bond donors (Lipinski definition) is 1. The fourth-order valence-corrected chi connectivity index (χ4v) is 1.40. The Bertz CT molecular complexity index is 105. The van der Waals surface area contributed by atoms with Crippen molar-refractivity contribution in [2.24, 2.45) is 0 Å². The molecule has 0 aliphatic rings. The van der Waals surface area contributed by atoms with Crippen LogP contribution in [0.3, 0.4) is 0 Å². The van der Waals surface area contributed by atoms with Gasteiger partial charge in [0.05, 0.1) is 6.61 Å². The van der Waals surface area contributed by atoms with E-state index in [0.29, 0.717) is 12.8 Å². The third kappa shape index (κ3) is 2.99. The molecule has 9 heavy (non-hydrogen) atoms. The van der Waals surface area contributed by atoms with Crippen molar-refractivity contribution in [1.82, 2.24) is 0 Å². The van der Waals surface area contributed by atoms with Gasteiger partial charge in [-0.3, -0.25) is 4.57 Å². The van der Waals surface area contributed by atoms with Crippen molar-refractivity contribution in [3.05, 3.63) is 0 Å². The summed E-state index contributed by atoms with van der Waals surface area (Å²) in [5.41, 5.74) is 0. The van der Waals surface area contributed by atoms with Crippen LogP contribution in [0.25, 0.3) is 0 Å².